The molecule has 1 aliphatic carbocycles. The molecule has 0 atom stereocenters. The summed E-state index contributed by atoms with van der Waals surface area (Å²) in [5.74, 6) is 0.786. The number of imidazole rings is 1. The number of hydrogen-bond acceptors (Lipinski definition) is 2. The second-order valence-corrected chi connectivity index (χ2v) is 4.09. The highest BCUT2D eigenvalue weighted by molar-refractivity contribution is 5.54. The quantitative estimate of drug-likeness (QED) is 0.776. The first-order valence-electron chi connectivity index (χ1n) is 5.18. The van der Waals surface area contributed by atoms with Gasteiger partial charge in [-0.25, -0.2) is 9.37 Å². The van der Waals surface area contributed by atoms with E-state index < -0.39 is 0 Å². The Kier molecular flexibility index (Phi) is 1.71. The molecule has 2 N–H and O–H groups in total. The van der Waals surface area contributed by atoms with Crippen LogP contribution in [0.3, 0.4) is 0 Å². The zero-order chi connectivity index (χ0) is 10.4. The van der Waals surface area contributed by atoms with Crippen LogP contribution in [0.1, 0.15) is 30.9 Å². The predicted octanol–water partition coefficient (Wildman–Crippen LogP) is 2.32. The predicted molar refractivity (Wildman–Crippen MR) is 56.2 cm³/mol. The van der Waals surface area contributed by atoms with E-state index in [9.17, 15) is 4.39 Å². The summed E-state index contributed by atoms with van der Waals surface area (Å²) in [6, 6.07) is 3.07. The molecule has 2 aromatic heterocycles. The molecule has 0 amide bonds. The fraction of sp³-hybridized carbons (Fsp3) is 0.364. The largest absolute Gasteiger partial charge is 0.383 e. The smallest absolute Gasteiger partial charge is 0.140 e. The van der Waals surface area contributed by atoms with Crippen LogP contribution in [0.15, 0.2) is 18.3 Å². The number of nitrogen functional groups attached to an aromatic ring is 1. The van der Waals surface area contributed by atoms with Gasteiger partial charge in [-0.05, 0) is 25.0 Å². The SMILES string of the molecule is Nc1c(C2CCC2)nc2ccc(F)cn12. The highest BCUT2D eigenvalue weighted by atomic mass is 19.1. The van der Waals surface area contributed by atoms with Gasteiger partial charge in [0.1, 0.15) is 17.3 Å². The number of anilines is 1. The van der Waals surface area contributed by atoms with Crippen LogP contribution < -0.4 is 5.73 Å². The van der Waals surface area contributed by atoms with Gasteiger partial charge < -0.3 is 5.73 Å². The third-order valence-electron chi connectivity index (χ3n) is 3.14. The van der Waals surface area contributed by atoms with Gasteiger partial charge in [0.2, 0.25) is 0 Å². The Morgan fingerprint density at radius 1 is 1.40 bits per heavy atom. The van der Waals surface area contributed by atoms with E-state index in [0.717, 1.165) is 24.2 Å². The number of pyridine rings is 1. The molecule has 0 aliphatic heterocycles. The minimum Gasteiger partial charge on any atom is -0.383 e. The molecule has 1 aliphatic rings. The lowest BCUT2D eigenvalue weighted by Gasteiger charge is -2.23. The van der Waals surface area contributed by atoms with Crippen molar-refractivity contribution in [2.24, 2.45) is 0 Å². The van der Waals surface area contributed by atoms with Crippen molar-refractivity contribution in [1.29, 1.82) is 0 Å². The summed E-state index contributed by atoms with van der Waals surface area (Å²) in [5.41, 5.74) is 7.62. The summed E-state index contributed by atoms with van der Waals surface area (Å²) in [6.07, 6.45) is 4.93. The number of hydrogen-bond donors (Lipinski definition) is 1. The van der Waals surface area contributed by atoms with Crippen molar-refractivity contribution in [1.82, 2.24) is 9.38 Å². The van der Waals surface area contributed by atoms with Crippen molar-refractivity contribution < 1.29 is 4.39 Å². The molecule has 4 heteroatoms. The summed E-state index contributed by atoms with van der Waals surface area (Å²) < 4.78 is 14.6. The van der Waals surface area contributed by atoms with Gasteiger partial charge in [0.15, 0.2) is 0 Å². The molecule has 3 nitrogen and oxygen atoms in total. The Bertz CT molecular complexity index is 514. The fourth-order valence-electron chi connectivity index (χ4n) is 2.04. The van der Waals surface area contributed by atoms with E-state index in [-0.39, 0.29) is 5.82 Å². The Morgan fingerprint density at radius 3 is 2.87 bits per heavy atom. The minimum atomic E-state index is -0.285. The highest BCUT2D eigenvalue weighted by Crippen LogP contribution is 2.38. The number of halogens is 1. The summed E-state index contributed by atoms with van der Waals surface area (Å²) >= 11 is 0. The molecule has 2 aromatic rings. The second kappa shape index (κ2) is 2.95. The topological polar surface area (TPSA) is 43.3 Å². The summed E-state index contributed by atoms with van der Waals surface area (Å²) in [7, 11) is 0. The maximum Gasteiger partial charge on any atom is 0.140 e. The van der Waals surface area contributed by atoms with Crippen LogP contribution in [-0.4, -0.2) is 9.38 Å². The molecule has 0 bridgehead atoms. The van der Waals surface area contributed by atoms with E-state index in [2.05, 4.69) is 4.98 Å². The molecule has 1 fully saturated rings. The number of rotatable bonds is 1. The highest BCUT2D eigenvalue weighted by Gasteiger charge is 2.25. The van der Waals surface area contributed by atoms with Gasteiger partial charge in [-0.1, -0.05) is 6.42 Å². The third kappa shape index (κ3) is 1.21. The molecule has 0 radical (unpaired) electrons. The van der Waals surface area contributed by atoms with Gasteiger partial charge in [0, 0.05) is 12.1 Å². The molecule has 3 rings (SSSR count). The molecule has 0 saturated heterocycles. The third-order valence-corrected chi connectivity index (χ3v) is 3.14. The van der Waals surface area contributed by atoms with Crippen LogP contribution in [0.4, 0.5) is 10.2 Å². The molecule has 78 valence electrons. The number of fused-ring (bicyclic) bond motifs is 1. The Hall–Kier alpha value is -1.58. The normalized spacial score (nSPS) is 16.9. The first kappa shape index (κ1) is 8.71. The Morgan fingerprint density at radius 2 is 2.20 bits per heavy atom. The number of aromatic nitrogens is 2. The second-order valence-electron chi connectivity index (χ2n) is 4.09. The van der Waals surface area contributed by atoms with Gasteiger partial charge in [-0.3, -0.25) is 4.40 Å². The molecule has 0 unspecified atom stereocenters. The van der Waals surface area contributed by atoms with Crippen molar-refractivity contribution in [3.8, 4) is 0 Å². The molecular formula is C11H12FN3. The van der Waals surface area contributed by atoms with Gasteiger partial charge in [0.05, 0.1) is 5.69 Å². The lowest BCUT2D eigenvalue weighted by molar-refractivity contribution is 0.414. The van der Waals surface area contributed by atoms with Gasteiger partial charge in [0.25, 0.3) is 0 Å². The van der Waals surface area contributed by atoms with Crippen molar-refractivity contribution >= 4 is 11.5 Å². The molecule has 1 saturated carbocycles. The van der Waals surface area contributed by atoms with Crippen LogP contribution in [0.5, 0.6) is 0 Å². The lowest BCUT2D eigenvalue weighted by Crippen LogP contribution is -2.11. The monoisotopic (exact) mass is 205 g/mol. The molecule has 15 heavy (non-hydrogen) atoms. The van der Waals surface area contributed by atoms with Crippen LogP contribution in [0.25, 0.3) is 5.65 Å². The molecule has 0 spiro atoms. The van der Waals surface area contributed by atoms with Crippen LogP contribution in [0, 0.1) is 5.82 Å². The molecular weight excluding hydrogens is 193 g/mol. The Balaban J connectivity index is 2.19. The van der Waals surface area contributed by atoms with Crippen molar-refractivity contribution in [3.63, 3.8) is 0 Å². The van der Waals surface area contributed by atoms with Crippen molar-refractivity contribution in [3.05, 3.63) is 29.8 Å². The van der Waals surface area contributed by atoms with Crippen LogP contribution >= 0.6 is 0 Å². The Labute approximate surface area is 86.7 Å². The van der Waals surface area contributed by atoms with E-state index in [1.165, 1.54) is 18.7 Å². The first-order valence-corrected chi connectivity index (χ1v) is 5.18. The average Bonchev–Trinajstić information content (AvgIpc) is 2.43. The summed E-state index contributed by atoms with van der Waals surface area (Å²) in [4.78, 5) is 4.45. The lowest BCUT2D eigenvalue weighted by atomic mass is 9.83. The van der Waals surface area contributed by atoms with E-state index in [0.29, 0.717) is 11.7 Å². The first-order chi connectivity index (χ1) is 7.25. The maximum atomic E-state index is 13.0. The van der Waals surface area contributed by atoms with Gasteiger partial charge in [-0.15, -0.1) is 0 Å². The van der Waals surface area contributed by atoms with Crippen LogP contribution in [0.2, 0.25) is 0 Å². The van der Waals surface area contributed by atoms with Crippen molar-refractivity contribution in [2.45, 2.75) is 25.2 Å². The van der Waals surface area contributed by atoms with E-state index in [1.54, 1.807) is 10.5 Å². The number of nitrogens with two attached hydrogens (primary N) is 1. The van der Waals surface area contributed by atoms with E-state index in [1.807, 2.05) is 0 Å². The van der Waals surface area contributed by atoms with Crippen molar-refractivity contribution in [2.75, 3.05) is 5.73 Å². The standard InChI is InChI=1S/C11H12FN3/c12-8-4-5-9-14-10(7-2-1-3-7)11(13)15(9)6-8/h4-7H,1-3,13H2. The zero-order valence-corrected chi connectivity index (χ0v) is 8.28. The summed E-state index contributed by atoms with van der Waals surface area (Å²) in [6.45, 7) is 0. The molecule has 2 heterocycles. The van der Waals surface area contributed by atoms with Gasteiger partial charge in [-0.2, -0.15) is 0 Å². The average molecular weight is 205 g/mol. The van der Waals surface area contributed by atoms with Gasteiger partial charge >= 0.3 is 0 Å². The van der Waals surface area contributed by atoms with E-state index >= 15 is 0 Å². The minimum absolute atomic E-state index is 0.285. The zero-order valence-electron chi connectivity index (χ0n) is 8.28. The number of nitrogens with zero attached hydrogens (tertiary/aromatic N) is 2. The van der Waals surface area contributed by atoms with Crippen LogP contribution in [-0.2, 0) is 0 Å². The molecule has 0 aromatic carbocycles. The fourth-order valence-corrected chi connectivity index (χ4v) is 2.04. The maximum absolute atomic E-state index is 13.0. The van der Waals surface area contributed by atoms with E-state index in [4.69, 9.17) is 5.73 Å². The summed E-state index contributed by atoms with van der Waals surface area (Å²) in [5, 5.41) is 0.